The number of carboxylic acids is 2. The highest BCUT2D eigenvalue weighted by atomic mass is 16.6. The van der Waals surface area contributed by atoms with Crippen molar-refractivity contribution in [1.29, 1.82) is 0 Å². The molecule has 0 unspecified atom stereocenters. The average Bonchev–Trinajstić information content (AvgIpc) is 3.07. The molecule has 11 N–H and O–H groups in total. The molecular weight excluding hydrogens is 668 g/mol. The van der Waals surface area contributed by atoms with Gasteiger partial charge >= 0.3 is 23.5 Å². The van der Waals surface area contributed by atoms with E-state index in [2.05, 4.69) is 0 Å². The van der Waals surface area contributed by atoms with Crippen molar-refractivity contribution in [2.45, 2.75) is 23.4 Å². The van der Waals surface area contributed by atoms with Gasteiger partial charge in [0, 0.05) is 6.08 Å². The van der Waals surface area contributed by atoms with Gasteiger partial charge in [-0.05, 0) is 71.3 Å². The van der Waals surface area contributed by atoms with Gasteiger partial charge in [-0.15, -0.1) is 0 Å². The summed E-state index contributed by atoms with van der Waals surface area (Å²) in [7, 11) is 0. The van der Waals surface area contributed by atoms with Crippen LogP contribution >= 0.6 is 0 Å². The van der Waals surface area contributed by atoms with Crippen molar-refractivity contribution in [2.24, 2.45) is 0 Å². The summed E-state index contributed by atoms with van der Waals surface area (Å²) in [4.78, 5) is 65.4. The van der Waals surface area contributed by atoms with Crippen LogP contribution in [0.25, 0.3) is 18.2 Å². The van der Waals surface area contributed by atoms with Gasteiger partial charge in [-0.2, -0.15) is 0 Å². The lowest BCUT2D eigenvalue weighted by molar-refractivity contribution is -0.230. The maximum absolute atomic E-state index is 13.8. The number of esters is 1. The second-order valence-corrected chi connectivity index (χ2v) is 10.4. The number of aromatic hydroxyl groups is 6. The number of aliphatic hydroxyl groups is 3. The van der Waals surface area contributed by atoms with Gasteiger partial charge in [-0.3, -0.25) is 9.59 Å². The van der Waals surface area contributed by atoms with Crippen LogP contribution in [0.15, 0.2) is 72.8 Å². The molecule has 0 aromatic heterocycles. The Morgan fingerprint density at radius 3 is 1.32 bits per heavy atom. The number of rotatable bonds is 14. The number of aliphatic carboxylic acids is 2. The highest BCUT2D eigenvalue weighted by Gasteiger charge is 2.72. The van der Waals surface area contributed by atoms with E-state index in [4.69, 9.17) is 4.74 Å². The molecule has 0 spiro atoms. The number of ketones is 2. The fourth-order valence-corrected chi connectivity index (χ4v) is 4.39. The summed E-state index contributed by atoms with van der Waals surface area (Å²) >= 11 is 0. The molecule has 3 rings (SSSR count). The summed E-state index contributed by atoms with van der Waals surface area (Å²) in [5.41, 5.74) is -8.98. The van der Waals surface area contributed by atoms with Crippen molar-refractivity contribution in [1.82, 2.24) is 0 Å². The third kappa shape index (κ3) is 7.71. The van der Waals surface area contributed by atoms with Crippen molar-refractivity contribution in [3.05, 3.63) is 89.5 Å². The summed E-state index contributed by atoms with van der Waals surface area (Å²) in [5.74, 6) is -14.7. The number of benzene rings is 3. The van der Waals surface area contributed by atoms with E-state index in [1.165, 1.54) is 0 Å². The Bertz CT molecular complexity index is 1930. The molecule has 262 valence electrons. The highest BCUT2D eigenvalue weighted by Crippen LogP contribution is 2.37. The molecule has 0 aliphatic carbocycles. The van der Waals surface area contributed by atoms with Gasteiger partial charge in [0.25, 0.3) is 0 Å². The molecule has 0 amide bonds. The summed E-state index contributed by atoms with van der Waals surface area (Å²) < 4.78 is 4.92. The van der Waals surface area contributed by atoms with Gasteiger partial charge in [0.1, 0.15) is 6.10 Å². The zero-order chi connectivity index (χ0) is 37.6. The summed E-state index contributed by atoms with van der Waals surface area (Å²) in [6, 6.07) is 8.93. The van der Waals surface area contributed by atoms with E-state index in [9.17, 15) is 80.1 Å². The van der Waals surface area contributed by atoms with Crippen LogP contribution < -0.4 is 0 Å². The molecule has 3 aromatic rings. The molecule has 0 saturated heterocycles. The SMILES string of the molecule is O=C(C=Cc1ccc(O)c(O)c1)O[C@](C(=O)O)(C(=O)C=Cc1ccc(O)c(O)c1)[C@](O)(C(=O)C=Cc1ccc(O)c(O)c1)[C@@H](O)[C@H](O)C(=O)O. The second-order valence-electron chi connectivity index (χ2n) is 10.4. The van der Waals surface area contributed by atoms with Crippen LogP contribution in [0.2, 0.25) is 0 Å². The maximum atomic E-state index is 13.8. The first-order valence-electron chi connectivity index (χ1n) is 13.8. The number of carbonyl (C=O) groups excluding carboxylic acids is 3. The minimum atomic E-state index is -4.38. The molecule has 4 atom stereocenters. The summed E-state index contributed by atoms with van der Waals surface area (Å²) in [6.07, 6.45) is -3.28. The predicted octanol–water partition coefficient (Wildman–Crippen LogP) is 0.402. The van der Waals surface area contributed by atoms with Gasteiger partial charge < -0.3 is 60.9 Å². The molecule has 50 heavy (non-hydrogen) atoms. The monoisotopic (exact) mass is 696 g/mol. The largest absolute Gasteiger partial charge is 0.504 e. The van der Waals surface area contributed by atoms with Crippen molar-refractivity contribution in [3.8, 4) is 34.5 Å². The van der Waals surface area contributed by atoms with E-state index in [1.54, 1.807) is 0 Å². The van der Waals surface area contributed by atoms with Crippen LogP contribution in [-0.4, -0.2) is 109 Å². The zero-order valence-electron chi connectivity index (χ0n) is 25.2. The molecule has 3 aromatic carbocycles. The van der Waals surface area contributed by atoms with E-state index in [0.29, 0.717) is 18.2 Å². The van der Waals surface area contributed by atoms with Crippen molar-refractivity contribution in [3.63, 3.8) is 0 Å². The molecule has 17 heteroatoms. The fourth-order valence-electron chi connectivity index (χ4n) is 4.39. The molecule has 0 radical (unpaired) electrons. The van der Waals surface area contributed by atoms with Crippen LogP contribution in [0.1, 0.15) is 16.7 Å². The van der Waals surface area contributed by atoms with Gasteiger partial charge in [-0.1, -0.05) is 30.4 Å². The Morgan fingerprint density at radius 1 is 0.580 bits per heavy atom. The molecule has 0 fully saturated rings. The lowest BCUT2D eigenvalue weighted by atomic mass is 9.70. The minimum Gasteiger partial charge on any atom is -0.504 e. The number of carbonyl (C=O) groups is 5. The average molecular weight is 697 g/mol. The number of phenolic OH excluding ortho intramolecular Hbond substituents is 6. The molecule has 0 bridgehead atoms. The number of ether oxygens (including phenoxy) is 1. The molecule has 0 saturated carbocycles. The fraction of sp³-hybridized carbons (Fsp3) is 0.121. The molecule has 0 heterocycles. The van der Waals surface area contributed by atoms with Crippen LogP contribution in [-0.2, 0) is 28.7 Å². The van der Waals surface area contributed by atoms with Gasteiger partial charge in [0.05, 0.1) is 0 Å². The predicted molar refractivity (Wildman–Crippen MR) is 167 cm³/mol. The molecule has 17 nitrogen and oxygen atoms in total. The first kappa shape index (κ1) is 37.8. The minimum absolute atomic E-state index is 0.0238. The Hall–Kier alpha value is -6.69. The third-order valence-corrected chi connectivity index (χ3v) is 7.06. The van der Waals surface area contributed by atoms with E-state index < -0.39 is 87.4 Å². The maximum Gasteiger partial charge on any atom is 0.360 e. The molecule has 0 aliphatic heterocycles. The Morgan fingerprint density at radius 2 is 0.960 bits per heavy atom. The first-order chi connectivity index (χ1) is 23.3. The Balaban J connectivity index is 2.29. The van der Waals surface area contributed by atoms with Gasteiger partial charge in [-0.25, -0.2) is 14.4 Å². The van der Waals surface area contributed by atoms with E-state index in [-0.39, 0.29) is 16.7 Å². The number of hydrogen-bond donors (Lipinski definition) is 11. The zero-order valence-corrected chi connectivity index (χ0v) is 25.2. The van der Waals surface area contributed by atoms with E-state index >= 15 is 0 Å². The quantitative estimate of drug-likeness (QED) is 0.0470. The standard InChI is InChI=1S/C33H28O17/c34-19-7-1-16(13-22(19)37)4-10-25(40)32(49,29(44)28(43)30(45)46)33(31(47)48,26(41)11-5-17-2-8-20(35)23(38)14-17)50-27(42)12-6-18-3-9-21(36)24(39)15-18/h1-15,28-29,34-39,43-44,49H,(H,45,46)(H,47,48)/t28-,29-,32-,33-/m0/s1. The smallest absolute Gasteiger partial charge is 0.360 e. The normalized spacial score (nSPS) is 15.3. The number of hydrogen-bond acceptors (Lipinski definition) is 15. The first-order valence-corrected chi connectivity index (χ1v) is 13.8. The van der Waals surface area contributed by atoms with Crippen LogP contribution in [0.4, 0.5) is 0 Å². The summed E-state index contributed by atoms with van der Waals surface area (Å²) in [6.45, 7) is 0. The molecule has 0 aliphatic rings. The second kappa shape index (κ2) is 15.0. The van der Waals surface area contributed by atoms with Crippen LogP contribution in [0.3, 0.4) is 0 Å². The van der Waals surface area contributed by atoms with Crippen molar-refractivity contribution < 1.29 is 84.9 Å². The van der Waals surface area contributed by atoms with E-state index in [1.807, 2.05) is 0 Å². The summed E-state index contributed by atoms with van der Waals surface area (Å²) in [5, 5.41) is 111. The topological polar surface area (TPSA) is 317 Å². The highest BCUT2D eigenvalue weighted by molar-refractivity contribution is 6.21. The number of carboxylic acid groups (broad SMARTS) is 2. The lowest BCUT2D eigenvalue weighted by Crippen LogP contribution is -2.75. The number of aliphatic hydroxyl groups excluding tert-OH is 2. The lowest BCUT2D eigenvalue weighted by Gasteiger charge is -2.42. The number of phenols is 6. The van der Waals surface area contributed by atoms with Crippen molar-refractivity contribution in [2.75, 3.05) is 0 Å². The van der Waals surface area contributed by atoms with E-state index in [0.717, 1.165) is 72.8 Å². The third-order valence-electron chi connectivity index (χ3n) is 7.06. The van der Waals surface area contributed by atoms with Crippen molar-refractivity contribution >= 4 is 47.7 Å². The van der Waals surface area contributed by atoms with Crippen LogP contribution in [0, 0.1) is 0 Å². The molecular formula is C33H28O17. The van der Waals surface area contributed by atoms with Crippen LogP contribution in [0.5, 0.6) is 34.5 Å². The van der Waals surface area contributed by atoms with Gasteiger partial charge in [0.2, 0.25) is 11.4 Å². The Kier molecular flexibility index (Phi) is 11.4. The van der Waals surface area contributed by atoms with Gasteiger partial charge in [0.15, 0.2) is 46.4 Å². The Labute approximate surface area is 280 Å².